The molecule has 0 spiro atoms. The summed E-state index contributed by atoms with van der Waals surface area (Å²) in [6.45, 7) is 13.2. The lowest BCUT2D eigenvalue weighted by atomic mass is 10.0. The highest BCUT2D eigenvalue weighted by Gasteiger charge is 2.17. The van der Waals surface area contributed by atoms with Crippen molar-refractivity contribution in [3.8, 4) is 0 Å². The van der Waals surface area contributed by atoms with Crippen LogP contribution >= 0.6 is 0 Å². The Hall–Kier alpha value is -4.83. The highest BCUT2D eigenvalue weighted by molar-refractivity contribution is 5.70. The van der Waals surface area contributed by atoms with Gasteiger partial charge in [-0.1, -0.05) is 109 Å². The van der Waals surface area contributed by atoms with E-state index in [1.807, 2.05) is 20.8 Å². The van der Waals surface area contributed by atoms with Crippen LogP contribution in [0.4, 0.5) is 0 Å². The SMILES string of the molecule is CCOC(=O)CCN(CCCCc1ccccc1)Cc1cc(CN(CCCCc2ccccc2)CCC(=O)OCC)cc(CN(CCCCc2ccccc2)CCC(=O)OCC)c1. The molecule has 4 aromatic carbocycles. The van der Waals surface area contributed by atoms with Crippen molar-refractivity contribution >= 4 is 17.9 Å². The van der Waals surface area contributed by atoms with E-state index in [1.165, 1.54) is 33.4 Å². The summed E-state index contributed by atoms with van der Waals surface area (Å²) in [4.78, 5) is 45.0. The Kier molecular flexibility index (Phi) is 25.1. The minimum atomic E-state index is -0.171. The van der Waals surface area contributed by atoms with Gasteiger partial charge in [-0.25, -0.2) is 0 Å². The number of hydrogen-bond donors (Lipinski definition) is 0. The van der Waals surface area contributed by atoms with E-state index in [1.54, 1.807) is 0 Å². The minimum absolute atomic E-state index is 0.171. The highest BCUT2D eigenvalue weighted by atomic mass is 16.5. The zero-order valence-corrected chi connectivity index (χ0v) is 38.7. The van der Waals surface area contributed by atoms with Gasteiger partial charge in [-0.05, 0) is 132 Å². The molecule has 0 aliphatic heterocycles. The number of carbonyl (C=O) groups excluding carboxylic acids is 3. The van der Waals surface area contributed by atoms with Crippen LogP contribution in [-0.4, -0.2) is 91.7 Å². The first-order valence-corrected chi connectivity index (χ1v) is 23.7. The number of aryl methyl sites for hydroxylation is 3. The van der Waals surface area contributed by atoms with Gasteiger partial charge in [0, 0.05) is 39.3 Å². The summed E-state index contributed by atoms with van der Waals surface area (Å²) in [5, 5.41) is 0. The normalized spacial score (nSPS) is 11.3. The summed E-state index contributed by atoms with van der Waals surface area (Å²) in [7, 11) is 0. The molecule has 63 heavy (non-hydrogen) atoms. The predicted octanol–water partition coefficient (Wildman–Crippen LogP) is 10.0. The van der Waals surface area contributed by atoms with Crippen LogP contribution in [0.1, 0.15) is 112 Å². The third kappa shape index (κ3) is 22.4. The van der Waals surface area contributed by atoms with Gasteiger partial charge < -0.3 is 14.2 Å². The summed E-state index contributed by atoms with van der Waals surface area (Å²) < 4.78 is 16.0. The lowest BCUT2D eigenvalue weighted by Crippen LogP contribution is -2.30. The van der Waals surface area contributed by atoms with E-state index in [0.717, 1.165) is 77.4 Å². The molecule has 342 valence electrons. The van der Waals surface area contributed by atoms with Crippen LogP contribution in [0.3, 0.4) is 0 Å². The molecule has 9 nitrogen and oxygen atoms in total. The third-order valence-electron chi connectivity index (χ3n) is 11.2. The molecule has 0 aromatic heterocycles. The highest BCUT2D eigenvalue weighted by Crippen LogP contribution is 2.20. The maximum absolute atomic E-state index is 12.6. The van der Waals surface area contributed by atoms with Gasteiger partial charge in [0.15, 0.2) is 0 Å². The second-order valence-electron chi connectivity index (χ2n) is 16.5. The first-order chi connectivity index (χ1) is 30.8. The zero-order valence-electron chi connectivity index (χ0n) is 38.7. The first-order valence-electron chi connectivity index (χ1n) is 23.7. The number of rotatable bonds is 33. The molecule has 0 aliphatic rings. The van der Waals surface area contributed by atoms with Crippen molar-refractivity contribution < 1.29 is 28.6 Å². The third-order valence-corrected chi connectivity index (χ3v) is 11.2. The molecule has 0 amide bonds. The zero-order chi connectivity index (χ0) is 44.7. The Morgan fingerprint density at radius 1 is 0.365 bits per heavy atom. The van der Waals surface area contributed by atoms with Crippen LogP contribution in [0.2, 0.25) is 0 Å². The van der Waals surface area contributed by atoms with Crippen LogP contribution < -0.4 is 0 Å². The second-order valence-corrected chi connectivity index (χ2v) is 16.5. The Labute approximate surface area is 379 Å². The van der Waals surface area contributed by atoms with E-state index in [-0.39, 0.29) is 17.9 Å². The fourth-order valence-corrected chi connectivity index (χ4v) is 8.07. The van der Waals surface area contributed by atoms with Gasteiger partial charge >= 0.3 is 17.9 Å². The van der Waals surface area contributed by atoms with E-state index in [4.69, 9.17) is 14.2 Å². The summed E-state index contributed by atoms with van der Waals surface area (Å²) in [5.74, 6) is -0.513. The smallest absolute Gasteiger partial charge is 0.307 e. The predicted molar refractivity (Wildman–Crippen MR) is 254 cm³/mol. The molecule has 0 radical (unpaired) electrons. The first kappa shape index (κ1) is 50.8. The standard InChI is InChI=1S/C54H75N3O6/c1-4-61-52(58)31-37-55(34-19-16-28-46-22-10-7-11-23-46)43-49-40-50(44-56(38-32-53(59)62-5-2)35-20-17-29-47-24-12-8-13-25-47)42-51(41-49)45-57(39-33-54(60)63-6-3)36-21-18-30-48-26-14-9-15-27-48/h7-15,22-27,40-42H,4-6,16-21,28-39,43-45H2,1-3H3. The van der Waals surface area contributed by atoms with Crippen LogP contribution in [0, 0.1) is 0 Å². The summed E-state index contributed by atoms with van der Waals surface area (Å²) in [6, 6.07) is 38.8. The van der Waals surface area contributed by atoms with Crippen molar-refractivity contribution in [1.29, 1.82) is 0 Å². The van der Waals surface area contributed by atoms with Crippen molar-refractivity contribution in [3.63, 3.8) is 0 Å². The molecule has 0 fully saturated rings. The lowest BCUT2D eigenvalue weighted by Gasteiger charge is -2.26. The van der Waals surface area contributed by atoms with Crippen molar-refractivity contribution in [2.45, 2.75) is 117 Å². The number of ether oxygens (including phenoxy) is 3. The van der Waals surface area contributed by atoms with Crippen molar-refractivity contribution in [3.05, 3.63) is 143 Å². The van der Waals surface area contributed by atoms with Gasteiger partial charge in [0.1, 0.15) is 0 Å². The molecular formula is C54H75N3O6. The summed E-state index contributed by atoms with van der Waals surface area (Å²) in [5.41, 5.74) is 7.60. The topological polar surface area (TPSA) is 88.6 Å². The Morgan fingerprint density at radius 3 is 0.889 bits per heavy atom. The number of benzene rings is 4. The number of carbonyl (C=O) groups is 3. The van der Waals surface area contributed by atoms with Crippen LogP contribution in [0.5, 0.6) is 0 Å². The fraction of sp³-hybridized carbons (Fsp3) is 0.500. The molecule has 9 heteroatoms. The molecule has 4 rings (SSSR count). The van der Waals surface area contributed by atoms with Gasteiger partial charge in [-0.15, -0.1) is 0 Å². The second kappa shape index (κ2) is 31.1. The maximum atomic E-state index is 12.6. The van der Waals surface area contributed by atoms with Crippen molar-refractivity contribution in [2.24, 2.45) is 0 Å². The number of unbranched alkanes of at least 4 members (excludes halogenated alkanes) is 3. The van der Waals surface area contributed by atoms with E-state index in [9.17, 15) is 14.4 Å². The van der Waals surface area contributed by atoms with Gasteiger partial charge in [0.25, 0.3) is 0 Å². The molecule has 0 unspecified atom stereocenters. The fourth-order valence-electron chi connectivity index (χ4n) is 8.07. The Balaban J connectivity index is 1.58. The van der Waals surface area contributed by atoms with E-state index >= 15 is 0 Å². The maximum Gasteiger partial charge on any atom is 0.307 e. The molecular weight excluding hydrogens is 787 g/mol. The average molecular weight is 862 g/mol. The molecule has 4 aromatic rings. The largest absolute Gasteiger partial charge is 0.466 e. The van der Waals surface area contributed by atoms with Crippen molar-refractivity contribution in [1.82, 2.24) is 14.7 Å². The molecule has 0 saturated heterocycles. The quantitative estimate of drug-likeness (QED) is 0.0264. The molecule has 0 heterocycles. The van der Waals surface area contributed by atoms with E-state index in [2.05, 4.69) is 124 Å². The number of nitrogens with zero attached hydrogens (tertiary/aromatic N) is 3. The van der Waals surface area contributed by atoms with Gasteiger partial charge in [-0.3, -0.25) is 29.1 Å². The van der Waals surface area contributed by atoms with Crippen LogP contribution in [-0.2, 0) is 67.5 Å². The molecule has 0 N–H and O–H groups in total. The van der Waals surface area contributed by atoms with Crippen LogP contribution in [0.15, 0.2) is 109 Å². The molecule has 0 bridgehead atoms. The van der Waals surface area contributed by atoms with Gasteiger partial charge in [0.2, 0.25) is 0 Å². The van der Waals surface area contributed by atoms with Crippen molar-refractivity contribution in [2.75, 3.05) is 59.1 Å². The van der Waals surface area contributed by atoms with E-state index in [0.29, 0.717) is 78.4 Å². The van der Waals surface area contributed by atoms with E-state index < -0.39 is 0 Å². The molecule has 0 aliphatic carbocycles. The lowest BCUT2D eigenvalue weighted by molar-refractivity contribution is -0.144. The Bertz CT molecular complexity index is 1620. The van der Waals surface area contributed by atoms with Crippen LogP contribution in [0.25, 0.3) is 0 Å². The number of hydrogen-bond acceptors (Lipinski definition) is 9. The molecule has 0 saturated carbocycles. The monoisotopic (exact) mass is 862 g/mol. The average Bonchev–Trinajstić information content (AvgIpc) is 3.29. The Morgan fingerprint density at radius 2 is 0.635 bits per heavy atom. The van der Waals surface area contributed by atoms with Gasteiger partial charge in [0.05, 0.1) is 39.1 Å². The summed E-state index contributed by atoms with van der Waals surface area (Å²) in [6.07, 6.45) is 10.3. The minimum Gasteiger partial charge on any atom is -0.466 e. The number of esters is 3. The molecule has 0 atom stereocenters. The summed E-state index contributed by atoms with van der Waals surface area (Å²) >= 11 is 0. The van der Waals surface area contributed by atoms with Gasteiger partial charge in [-0.2, -0.15) is 0 Å².